The van der Waals surface area contributed by atoms with Crippen LogP contribution in [0.3, 0.4) is 0 Å². The molecule has 0 radical (unpaired) electrons. The Kier molecular flexibility index (Phi) is 4.17. The number of piperidine rings is 1. The highest BCUT2D eigenvalue weighted by molar-refractivity contribution is 5.75. The quantitative estimate of drug-likeness (QED) is 0.926. The van der Waals surface area contributed by atoms with E-state index in [1.54, 1.807) is 0 Å². The van der Waals surface area contributed by atoms with Crippen molar-refractivity contribution in [1.82, 2.24) is 19.8 Å². The molecule has 1 aromatic rings. The van der Waals surface area contributed by atoms with Crippen LogP contribution in [0.25, 0.3) is 0 Å². The molecule has 21 heavy (non-hydrogen) atoms. The molecule has 3 atom stereocenters. The smallest absolute Gasteiger partial charge is 0.317 e. The first-order chi connectivity index (χ1) is 10.2. The Morgan fingerprint density at radius 3 is 3.05 bits per heavy atom. The highest BCUT2D eigenvalue weighted by Crippen LogP contribution is 2.33. The van der Waals surface area contributed by atoms with E-state index in [1.165, 1.54) is 6.42 Å². The number of rotatable bonds is 4. The molecule has 1 saturated carbocycles. The lowest BCUT2D eigenvalue weighted by Gasteiger charge is -2.34. The SMILES string of the molecule is CCc1nccn1[C@@H]1CCCN(C(=O)N[C@@H]2C[C@H]2CC)C1. The third-order valence-electron chi connectivity index (χ3n) is 4.90. The molecule has 2 amide bonds. The van der Waals surface area contributed by atoms with E-state index < -0.39 is 0 Å². The van der Waals surface area contributed by atoms with E-state index in [0.29, 0.717) is 18.0 Å². The first-order valence-corrected chi connectivity index (χ1v) is 8.30. The van der Waals surface area contributed by atoms with Crippen molar-refractivity contribution < 1.29 is 4.79 Å². The van der Waals surface area contributed by atoms with E-state index in [1.807, 2.05) is 11.1 Å². The largest absolute Gasteiger partial charge is 0.335 e. The Labute approximate surface area is 126 Å². The number of urea groups is 1. The van der Waals surface area contributed by atoms with Crippen LogP contribution in [0.15, 0.2) is 12.4 Å². The Hall–Kier alpha value is -1.52. The summed E-state index contributed by atoms with van der Waals surface area (Å²) >= 11 is 0. The number of carbonyl (C=O) groups excluding carboxylic acids is 1. The van der Waals surface area contributed by atoms with E-state index in [4.69, 9.17) is 0 Å². The summed E-state index contributed by atoms with van der Waals surface area (Å²) in [6, 6.07) is 0.921. The summed E-state index contributed by atoms with van der Waals surface area (Å²) in [6.45, 7) is 6.00. The predicted octanol–water partition coefficient (Wildman–Crippen LogP) is 2.59. The van der Waals surface area contributed by atoms with Gasteiger partial charge in [-0.1, -0.05) is 20.3 Å². The molecule has 1 aliphatic heterocycles. The molecule has 0 aromatic carbocycles. The number of nitrogens with zero attached hydrogens (tertiary/aromatic N) is 3. The van der Waals surface area contributed by atoms with Gasteiger partial charge in [-0.2, -0.15) is 0 Å². The van der Waals surface area contributed by atoms with Crippen LogP contribution in [0, 0.1) is 5.92 Å². The van der Waals surface area contributed by atoms with Crippen molar-refractivity contribution >= 4 is 6.03 Å². The van der Waals surface area contributed by atoms with Crippen LogP contribution in [0.5, 0.6) is 0 Å². The van der Waals surface area contributed by atoms with E-state index >= 15 is 0 Å². The Balaban J connectivity index is 1.59. The van der Waals surface area contributed by atoms with Crippen LogP contribution >= 0.6 is 0 Å². The highest BCUT2D eigenvalue weighted by Gasteiger charge is 2.38. The molecule has 116 valence electrons. The highest BCUT2D eigenvalue weighted by atomic mass is 16.2. The number of nitrogens with one attached hydrogen (secondary N) is 1. The second kappa shape index (κ2) is 6.08. The minimum atomic E-state index is 0.124. The van der Waals surface area contributed by atoms with Crippen LogP contribution in [-0.2, 0) is 6.42 Å². The van der Waals surface area contributed by atoms with Crippen molar-refractivity contribution in [3.05, 3.63) is 18.2 Å². The normalized spacial score (nSPS) is 28.5. The summed E-state index contributed by atoms with van der Waals surface area (Å²) in [4.78, 5) is 18.8. The van der Waals surface area contributed by atoms with Gasteiger partial charge in [0.05, 0.1) is 6.04 Å². The fourth-order valence-corrected chi connectivity index (χ4v) is 3.44. The maximum Gasteiger partial charge on any atom is 0.317 e. The van der Waals surface area contributed by atoms with Crippen molar-refractivity contribution in [2.75, 3.05) is 13.1 Å². The topological polar surface area (TPSA) is 50.2 Å². The molecule has 1 aliphatic carbocycles. The maximum atomic E-state index is 12.4. The molecule has 0 spiro atoms. The van der Waals surface area contributed by atoms with Gasteiger partial charge in [-0.15, -0.1) is 0 Å². The Morgan fingerprint density at radius 2 is 2.33 bits per heavy atom. The Morgan fingerprint density at radius 1 is 1.48 bits per heavy atom. The Bertz CT molecular complexity index is 498. The average Bonchev–Trinajstić information content (AvgIpc) is 3.09. The van der Waals surface area contributed by atoms with Gasteiger partial charge in [0, 0.05) is 37.9 Å². The monoisotopic (exact) mass is 290 g/mol. The fraction of sp³-hybridized carbons (Fsp3) is 0.750. The minimum absolute atomic E-state index is 0.124. The van der Waals surface area contributed by atoms with E-state index in [-0.39, 0.29) is 6.03 Å². The molecule has 3 rings (SSSR count). The number of imidazole rings is 1. The van der Waals surface area contributed by atoms with Crippen LogP contribution in [0.4, 0.5) is 4.79 Å². The van der Waals surface area contributed by atoms with E-state index in [9.17, 15) is 4.79 Å². The first-order valence-electron chi connectivity index (χ1n) is 8.30. The maximum absolute atomic E-state index is 12.4. The van der Waals surface area contributed by atoms with Crippen molar-refractivity contribution in [3.63, 3.8) is 0 Å². The standard InChI is InChI=1S/C16H26N4O/c1-3-12-10-14(12)18-16(21)19-8-5-6-13(11-19)20-9-7-17-15(20)4-2/h7,9,12-14H,3-6,8,10-11H2,1-2H3,(H,18,21)/t12-,13-,14-/m1/s1. The number of carbonyl (C=O) groups is 1. The minimum Gasteiger partial charge on any atom is -0.335 e. The summed E-state index contributed by atoms with van der Waals surface area (Å²) in [5.41, 5.74) is 0. The van der Waals surface area contributed by atoms with Crippen LogP contribution in [-0.4, -0.2) is 39.6 Å². The third-order valence-corrected chi connectivity index (χ3v) is 4.90. The van der Waals surface area contributed by atoms with Gasteiger partial charge in [-0.25, -0.2) is 9.78 Å². The van der Waals surface area contributed by atoms with Crippen LogP contribution < -0.4 is 5.32 Å². The molecule has 5 heteroatoms. The van der Waals surface area contributed by atoms with E-state index in [0.717, 1.165) is 44.6 Å². The van der Waals surface area contributed by atoms with Crippen LogP contribution in [0.1, 0.15) is 51.4 Å². The zero-order chi connectivity index (χ0) is 14.8. The molecule has 1 aromatic heterocycles. The second-order valence-corrected chi connectivity index (χ2v) is 6.31. The number of hydrogen-bond donors (Lipinski definition) is 1. The summed E-state index contributed by atoms with van der Waals surface area (Å²) in [5, 5.41) is 3.18. The van der Waals surface area contributed by atoms with Crippen molar-refractivity contribution in [2.45, 2.75) is 58.0 Å². The molecule has 2 aliphatic rings. The first kappa shape index (κ1) is 14.4. The molecular formula is C16H26N4O. The molecule has 1 saturated heterocycles. The summed E-state index contributed by atoms with van der Waals surface area (Å²) in [7, 11) is 0. The van der Waals surface area contributed by atoms with Gasteiger partial charge in [-0.3, -0.25) is 0 Å². The second-order valence-electron chi connectivity index (χ2n) is 6.31. The summed E-state index contributed by atoms with van der Waals surface area (Å²) in [6.07, 6.45) is 9.39. The molecule has 2 heterocycles. The van der Waals surface area contributed by atoms with Crippen molar-refractivity contribution in [2.24, 2.45) is 5.92 Å². The van der Waals surface area contributed by atoms with Gasteiger partial charge in [-0.05, 0) is 25.2 Å². The van der Waals surface area contributed by atoms with Crippen molar-refractivity contribution in [1.29, 1.82) is 0 Å². The number of aryl methyl sites for hydroxylation is 1. The van der Waals surface area contributed by atoms with Gasteiger partial charge < -0.3 is 14.8 Å². The van der Waals surface area contributed by atoms with Gasteiger partial charge in [0.15, 0.2) is 0 Å². The third kappa shape index (κ3) is 3.06. The molecule has 0 unspecified atom stereocenters. The molecule has 2 fully saturated rings. The van der Waals surface area contributed by atoms with Crippen LogP contribution in [0.2, 0.25) is 0 Å². The zero-order valence-corrected chi connectivity index (χ0v) is 13.1. The molecule has 1 N–H and O–H groups in total. The number of aromatic nitrogens is 2. The zero-order valence-electron chi connectivity index (χ0n) is 13.1. The number of hydrogen-bond acceptors (Lipinski definition) is 2. The number of likely N-dealkylation sites (tertiary alicyclic amines) is 1. The average molecular weight is 290 g/mol. The number of amides is 2. The molecule has 0 bridgehead atoms. The summed E-state index contributed by atoms with van der Waals surface area (Å²) < 4.78 is 2.26. The lowest BCUT2D eigenvalue weighted by Crippen LogP contribution is -2.47. The fourth-order valence-electron chi connectivity index (χ4n) is 3.44. The molecule has 5 nitrogen and oxygen atoms in total. The predicted molar refractivity (Wildman–Crippen MR) is 82.2 cm³/mol. The summed E-state index contributed by atoms with van der Waals surface area (Å²) in [5.74, 6) is 1.82. The van der Waals surface area contributed by atoms with Gasteiger partial charge in [0.1, 0.15) is 5.82 Å². The van der Waals surface area contributed by atoms with Gasteiger partial charge in [0.25, 0.3) is 0 Å². The lowest BCUT2D eigenvalue weighted by atomic mass is 10.1. The molecular weight excluding hydrogens is 264 g/mol. The van der Waals surface area contributed by atoms with Gasteiger partial charge >= 0.3 is 6.03 Å². The van der Waals surface area contributed by atoms with Gasteiger partial charge in [0.2, 0.25) is 0 Å². The lowest BCUT2D eigenvalue weighted by molar-refractivity contribution is 0.165. The van der Waals surface area contributed by atoms with Crippen molar-refractivity contribution in [3.8, 4) is 0 Å². The van der Waals surface area contributed by atoms with E-state index in [2.05, 4.69) is 34.9 Å².